The number of carbonyl (C=O) groups is 1. The largest absolute Gasteiger partial charge is 0.493 e. The van der Waals surface area contributed by atoms with Gasteiger partial charge in [-0.25, -0.2) is 0 Å². The van der Waals surface area contributed by atoms with E-state index < -0.39 is 6.61 Å². The van der Waals surface area contributed by atoms with Gasteiger partial charge in [-0.3, -0.25) is 4.79 Å². The number of ether oxygens (including phenoxy) is 2. The summed E-state index contributed by atoms with van der Waals surface area (Å²) in [5.41, 5.74) is 0.125. The fraction of sp³-hybridized carbons (Fsp3) is 0.588. The van der Waals surface area contributed by atoms with Crippen molar-refractivity contribution in [2.24, 2.45) is 11.8 Å². The summed E-state index contributed by atoms with van der Waals surface area (Å²) >= 11 is 0. The number of amides is 1. The molecule has 2 saturated heterocycles. The van der Waals surface area contributed by atoms with E-state index in [1.165, 1.54) is 19.2 Å². The number of nitrogens with one attached hydrogen (secondary N) is 1. The summed E-state index contributed by atoms with van der Waals surface area (Å²) in [6.45, 7) is 0.236. The molecular formula is C17H23ClF2N2O3. The monoisotopic (exact) mass is 376 g/mol. The van der Waals surface area contributed by atoms with Gasteiger partial charge in [0, 0.05) is 13.1 Å². The molecule has 2 aliphatic rings. The van der Waals surface area contributed by atoms with Crippen molar-refractivity contribution in [2.75, 3.05) is 33.3 Å². The molecule has 0 aromatic heterocycles. The van der Waals surface area contributed by atoms with Gasteiger partial charge in [-0.15, -0.1) is 12.4 Å². The van der Waals surface area contributed by atoms with Gasteiger partial charge in [-0.1, -0.05) is 6.07 Å². The Hall–Kier alpha value is -1.60. The molecule has 0 unspecified atom stereocenters. The molecular weight excluding hydrogens is 354 g/mol. The highest BCUT2D eigenvalue weighted by molar-refractivity contribution is 5.97. The molecule has 2 heterocycles. The van der Waals surface area contributed by atoms with Gasteiger partial charge in [0.05, 0.1) is 12.7 Å². The van der Waals surface area contributed by atoms with Crippen LogP contribution in [0, 0.1) is 11.8 Å². The van der Waals surface area contributed by atoms with Crippen molar-refractivity contribution in [3.63, 3.8) is 0 Å². The third kappa shape index (κ3) is 4.33. The van der Waals surface area contributed by atoms with E-state index >= 15 is 0 Å². The number of rotatable bonds is 4. The lowest BCUT2D eigenvalue weighted by Crippen LogP contribution is -2.33. The first-order valence-electron chi connectivity index (χ1n) is 8.22. The molecule has 0 spiro atoms. The van der Waals surface area contributed by atoms with Gasteiger partial charge in [0.25, 0.3) is 5.91 Å². The minimum atomic E-state index is -3.01. The van der Waals surface area contributed by atoms with Crippen LogP contribution >= 0.6 is 12.4 Å². The zero-order chi connectivity index (χ0) is 17.1. The van der Waals surface area contributed by atoms with Crippen LogP contribution in [-0.4, -0.2) is 50.7 Å². The lowest BCUT2D eigenvalue weighted by molar-refractivity contribution is -0.0516. The smallest absolute Gasteiger partial charge is 0.387 e. The molecule has 3 rings (SSSR count). The summed E-state index contributed by atoms with van der Waals surface area (Å²) in [6, 6.07) is 4.63. The zero-order valence-electron chi connectivity index (χ0n) is 14.0. The Morgan fingerprint density at radius 3 is 2.44 bits per heavy atom. The third-order valence-electron chi connectivity index (χ3n) is 4.94. The zero-order valence-corrected chi connectivity index (χ0v) is 14.9. The van der Waals surface area contributed by atoms with Crippen molar-refractivity contribution >= 4 is 18.3 Å². The normalized spacial score (nSPS) is 22.8. The Labute approximate surface area is 152 Å². The molecule has 25 heavy (non-hydrogen) atoms. The van der Waals surface area contributed by atoms with Gasteiger partial charge in [0.1, 0.15) is 0 Å². The average Bonchev–Trinajstić information content (AvgIpc) is 2.92. The minimum absolute atomic E-state index is 0. The quantitative estimate of drug-likeness (QED) is 0.878. The van der Waals surface area contributed by atoms with Crippen molar-refractivity contribution in [1.82, 2.24) is 10.2 Å². The fourth-order valence-electron chi connectivity index (χ4n) is 3.65. The molecule has 1 aromatic carbocycles. The molecule has 2 atom stereocenters. The molecule has 0 aliphatic carbocycles. The first kappa shape index (κ1) is 19.7. The van der Waals surface area contributed by atoms with Gasteiger partial charge in [0.15, 0.2) is 11.5 Å². The van der Waals surface area contributed by atoms with Gasteiger partial charge in [-0.05, 0) is 49.9 Å². The standard InChI is InChI=1S/C17H22F2N2O3.ClH/c1-23-14-4-2-3-13(15(14)24-17(18)19)16(22)21-7-5-11-9-20-10-12(11)6-8-21;/h2-4,11-12,17,20H,5-10H2,1H3;1H/t11-,12+;. The number of para-hydroxylation sites is 1. The molecule has 0 saturated carbocycles. The SMILES string of the molecule is COc1cccc(C(=O)N2CC[C@@H]3CNC[C@@H]3CC2)c1OC(F)F.Cl. The molecule has 1 aromatic rings. The van der Waals surface area contributed by atoms with Crippen LogP contribution in [0.4, 0.5) is 8.78 Å². The summed E-state index contributed by atoms with van der Waals surface area (Å²) < 4.78 is 35.1. The van der Waals surface area contributed by atoms with Gasteiger partial charge in [-0.2, -0.15) is 8.78 Å². The number of alkyl halides is 2. The Kier molecular flexibility index (Phi) is 6.84. The number of likely N-dealkylation sites (tertiary alicyclic amines) is 1. The number of nitrogens with zero attached hydrogens (tertiary/aromatic N) is 1. The van der Waals surface area contributed by atoms with E-state index in [9.17, 15) is 13.6 Å². The maximum atomic E-state index is 12.9. The van der Waals surface area contributed by atoms with E-state index in [0.29, 0.717) is 24.9 Å². The highest BCUT2D eigenvalue weighted by atomic mass is 35.5. The minimum Gasteiger partial charge on any atom is -0.493 e. The van der Waals surface area contributed by atoms with Crippen LogP contribution in [-0.2, 0) is 0 Å². The number of hydrogen-bond donors (Lipinski definition) is 1. The number of hydrogen-bond acceptors (Lipinski definition) is 4. The Morgan fingerprint density at radius 1 is 1.24 bits per heavy atom. The van der Waals surface area contributed by atoms with E-state index in [4.69, 9.17) is 4.74 Å². The van der Waals surface area contributed by atoms with Gasteiger partial charge < -0.3 is 19.7 Å². The lowest BCUT2D eigenvalue weighted by Gasteiger charge is -2.23. The molecule has 1 N–H and O–H groups in total. The molecule has 2 fully saturated rings. The summed E-state index contributed by atoms with van der Waals surface area (Å²) in [4.78, 5) is 14.6. The number of halogens is 3. The lowest BCUT2D eigenvalue weighted by atomic mass is 9.92. The number of benzene rings is 1. The van der Waals surface area contributed by atoms with Crippen molar-refractivity contribution in [3.05, 3.63) is 23.8 Å². The second-order valence-corrected chi connectivity index (χ2v) is 6.26. The third-order valence-corrected chi connectivity index (χ3v) is 4.94. The molecule has 5 nitrogen and oxygen atoms in total. The van der Waals surface area contributed by atoms with E-state index in [-0.39, 0.29) is 35.4 Å². The summed E-state index contributed by atoms with van der Waals surface area (Å²) in [5, 5.41) is 3.39. The van der Waals surface area contributed by atoms with Crippen LogP contribution < -0.4 is 14.8 Å². The van der Waals surface area contributed by atoms with E-state index in [2.05, 4.69) is 10.1 Å². The van der Waals surface area contributed by atoms with E-state index in [1.54, 1.807) is 11.0 Å². The topological polar surface area (TPSA) is 50.8 Å². The van der Waals surface area contributed by atoms with E-state index in [0.717, 1.165) is 25.9 Å². The molecule has 8 heteroatoms. The van der Waals surface area contributed by atoms with Crippen LogP contribution in [0.15, 0.2) is 18.2 Å². The van der Waals surface area contributed by atoms with Crippen molar-refractivity contribution in [2.45, 2.75) is 19.5 Å². The maximum Gasteiger partial charge on any atom is 0.387 e. The van der Waals surface area contributed by atoms with Gasteiger partial charge >= 0.3 is 6.61 Å². The van der Waals surface area contributed by atoms with Crippen LogP contribution in [0.3, 0.4) is 0 Å². The molecule has 0 bridgehead atoms. The predicted octanol–water partition coefficient (Wildman–Crippen LogP) is 2.79. The number of methoxy groups -OCH3 is 1. The summed E-state index contributed by atoms with van der Waals surface area (Å²) in [7, 11) is 1.36. The summed E-state index contributed by atoms with van der Waals surface area (Å²) in [5.74, 6) is 0.843. The Balaban J connectivity index is 0.00000225. The highest BCUT2D eigenvalue weighted by Gasteiger charge is 2.32. The number of carbonyl (C=O) groups excluding carboxylic acids is 1. The highest BCUT2D eigenvalue weighted by Crippen LogP contribution is 2.34. The molecule has 2 aliphatic heterocycles. The van der Waals surface area contributed by atoms with E-state index in [1.807, 2.05) is 0 Å². The second-order valence-electron chi connectivity index (χ2n) is 6.26. The number of fused-ring (bicyclic) bond motifs is 1. The van der Waals surface area contributed by atoms with Crippen molar-refractivity contribution in [3.8, 4) is 11.5 Å². The molecule has 140 valence electrons. The van der Waals surface area contributed by atoms with Gasteiger partial charge in [0.2, 0.25) is 0 Å². The second kappa shape index (κ2) is 8.67. The Bertz CT molecular complexity index is 589. The average molecular weight is 377 g/mol. The van der Waals surface area contributed by atoms with Crippen LogP contribution in [0.25, 0.3) is 0 Å². The predicted molar refractivity (Wildman–Crippen MR) is 91.9 cm³/mol. The van der Waals surface area contributed by atoms with Crippen LogP contribution in [0.5, 0.6) is 11.5 Å². The fourth-order valence-corrected chi connectivity index (χ4v) is 3.65. The van der Waals surface area contributed by atoms with Crippen molar-refractivity contribution in [1.29, 1.82) is 0 Å². The molecule has 0 radical (unpaired) electrons. The Morgan fingerprint density at radius 2 is 1.88 bits per heavy atom. The maximum absolute atomic E-state index is 12.9. The molecule has 1 amide bonds. The van der Waals surface area contributed by atoms with Crippen molar-refractivity contribution < 1.29 is 23.0 Å². The first-order valence-corrected chi connectivity index (χ1v) is 8.22. The van der Waals surface area contributed by atoms with Crippen LogP contribution in [0.2, 0.25) is 0 Å². The summed E-state index contributed by atoms with van der Waals surface area (Å²) in [6.07, 6.45) is 1.86. The van der Waals surface area contributed by atoms with Crippen LogP contribution in [0.1, 0.15) is 23.2 Å². The first-order chi connectivity index (χ1) is 11.6.